The van der Waals surface area contributed by atoms with Crippen LogP contribution in [0.1, 0.15) is 114 Å². The van der Waals surface area contributed by atoms with E-state index >= 15 is 0 Å². The van der Waals surface area contributed by atoms with Crippen molar-refractivity contribution in [1.82, 2.24) is 0 Å². The van der Waals surface area contributed by atoms with Gasteiger partial charge in [0.15, 0.2) is 0 Å². The number of carbonyl (C=O) groups excluding carboxylic acids is 1. The largest absolute Gasteiger partial charge is 0.426 e. The number of unbranched alkanes of at least 4 members (excludes halogenated alkanes) is 4. The maximum Gasteiger partial charge on any atom is 0.314 e. The molecular weight excluding hydrogens is 488 g/mol. The molecule has 1 saturated carbocycles. The summed E-state index contributed by atoms with van der Waals surface area (Å²) < 4.78 is 5.83. The van der Waals surface area contributed by atoms with Gasteiger partial charge in [-0.1, -0.05) is 119 Å². The van der Waals surface area contributed by atoms with Crippen LogP contribution in [0, 0.1) is 11.8 Å². The van der Waals surface area contributed by atoms with Crippen molar-refractivity contribution in [3.8, 4) is 16.9 Å². The van der Waals surface area contributed by atoms with Gasteiger partial charge in [-0.25, -0.2) is 0 Å². The summed E-state index contributed by atoms with van der Waals surface area (Å²) in [6.45, 7) is 4.38. The first kappa shape index (κ1) is 30.1. The van der Waals surface area contributed by atoms with Crippen LogP contribution in [0.15, 0.2) is 78.9 Å². The number of hydrogen-bond donors (Lipinski definition) is 0. The van der Waals surface area contributed by atoms with Gasteiger partial charge in [0.05, 0.1) is 5.92 Å². The van der Waals surface area contributed by atoms with Crippen molar-refractivity contribution in [1.29, 1.82) is 0 Å². The molecule has 2 heteroatoms. The Hall–Kier alpha value is -2.87. The molecule has 1 unspecified atom stereocenters. The zero-order valence-corrected chi connectivity index (χ0v) is 25.0. The lowest BCUT2D eigenvalue weighted by atomic mass is 9.77. The minimum atomic E-state index is -0.0888. The molecule has 0 bridgehead atoms. The second-order valence-electron chi connectivity index (χ2n) is 12.0. The fourth-order valence-electron chi connectivity index (χ4n) is 6.36. The van der Waals surface area contributed by atoms with Gasteiger partial charge in [-0.2, -0.15) is 0 Å². The summed E-state index contributed by atoms with van der Waals surface area (Å²) in [4.78, 5) is 12.9. The van der Waals surface area contributed by atoms with Crippen LogP contribution < -0.4 is 4.74 Å². The van der Waals surface area contributed by atoms with E-state index < -0.39 is 0 Å². The molecule has 2 nitrogen and oxygen atoms in total. The Labute approximate surface area is 243 Å². The molecule has 0 aliphatic heterocycles. The van der Waals surface area contributed by atoms with Gasteiger partial charge >= 0.3 is 5.97 Å². The van der Waals surface area contributed by atoms with Crippen LogP contribution in [-0.4, -0.2) is 5.97 Å². The van der Waals surface area contributed by atoms with Gasteiger partial charge in [-0.05, 0) is 97.6 Å². The third-order valence-corrected chi connectivity index (χ3v) is 9.04. The van der Waals surface area contributed by atoms with Gasteiger partial charge in [0.2, 0.25) is 0 Å². The lowest BCUT2D eigenvalue weighted by Crippen LogP contribution is -2.20. The average Bonchev–Trinajstić information content (AvgIpc) is 3.01. The molecule has 1 fully saturated rings. The van der Waals surface area contributed by atoms with Gasteiger partial charge in [-0.15, -0.1) is 0 Å². The molecule has 3 aromatic carbocycles. The quantitative estimate of drug-likeness (QED) is 0.109. The number of benzene rings is 3. The first-order valence-corrected chi connectivity index (χ1v) is 16.1. The van der Waals surface area contributed by atoms with Crippen LogP contribution in [0.5, 0.6) is 5.75 Å². The molecule has 0 aromatic heterocycles. The molecule has 0 radical (unpaired) electrons. The minimum Gasteiger partial charge on any atom is -0.426 e. The monoisotopic (exact) mass is 538 g/mol. The summed E-state index contributed by atoms with van der Waals surface area (Å²) in [5.74, 6) is 2.13. The normalized spacial score (nSPS) is 17.9. The Bertz CT molecular complexity index is 1110. The third-order valence-electron chi connectivity index (χ3n) is 9.04. The van der Waals surface area contributed by atoms with E-state index in [1.165, 1.54) is 86.5 Å². The predicted molar refractivity (Wildman–Crippen MR) is 169 cm³/mol. The molecular formula is C38H50O2. The van der Waals surface area contributed by atoms with E-state index in [1.54, 1.807) is 0 Å². The van der Waals surface area contributed by atoms with Crippen molar-refractivity contribution in [2.75, 3.05) is 0 Å². The molecule has 0 saturated heterocycles. The zero-order valence-electron chi connectivity index (χ0n) is 25.0. The molecule has 1 aliphatic carbocycles. The van der Waals surface area contributed by atoms with E-state index in [-0.39, 0.29) is 11.9 Å². The zero-order chi connectivity index (χ0) is 28.0. The topological polar surface area (TPSA) is 26.3 Å². The van der Waals surface area contributed by atoms with Crippen molar-refractivity contribution in [3.63, 3.8) is 0 Å². The Morgan fingerprint density at radius 3 is 2.10 bits per heavy atom. The number of esters is 1. The Balaban J connectivity index is 1.17. The van der Waals surface area contributed by atoms with Crippen LogP contribution in [0.4, 0.5) is 0 Å². The smallest absolute Gasteiger partial charge is 0.314 e. The molecule has 4 rings (SSSR count). The van der Waals surface area contributed by atoms with Gasteiger partial charge in [0.1, 0.15) is 5.75 Å². The van der Waals surface area contributed by atoms with E-state index in [1.807, 2.05) is 18.2 Å². The fraction of sp³-hybridized carbons (Fsp3) is 0.500. The molecule has 1 aliphatic rings. The van der Waals surface area contributed by atoms with Gasteiger partial charge < -0.3 is 4.74 Å². The van der Waals surface area contributed by atoms with E-state index in [2.05, 4.69) is 74.5 Å². The van der Waals surface area contributed by atoms with Crippen LogP contribution in [-0.2, 0) is 11.2 Å². The molecule has 1 atom stereocenters. The van der Waals surface area contributed by atoms with E-state index in [0.29, 0.717) is 11.7 Å². The highest BCUT2D eigenvalue weighted by molar-refractivity contribution is 5.75. The standard InChI is InChI=1S/C38H50O2/c1-3-5-6-7-9-13-30-18-24-35(25-19-30)36-26-28-37(29-27-36)40-38(39)32(4-2)17-12-14-31-20-22-34(23-21-31)33-15-10-8-11-16-33/h8,10-11,15-16,20-23,26-30,32,35H,3-7,9,12-14,17-19,24-25H2,1-2H3. The molecule has 214 valence electrons. The average molecular weight is 539 g/mol. The van der Waals surface area contributed by atoms with Crippen molar-refractivity contribution in [2.45, 2.75) is 110 Å². The maximum absolute atomic E-state index is 12.9. The fourth-order valence-corrected chi connectivity index (χ4v) is 6.36. The first-order chi connectivity index (χ1) is 19.7. The van der Waals surface area contributed by atoms with Crippen molar-refractivity contribution >= 4 is 5.97 Å². The number of ether oxygens (including phenoxy) is 1. The Morgan fingerprint density at radius 2 is 1.43 bits per heavy atom. The number of rotatable bonds is 15. The van der Waals surface area contributed by atoms with Gasteiger partial charge in [0.25, 0.3) is 0 Å². The molecule has 0 spiro atoms. The summed E-state index contributed by atoms with van der Waals surface area (Å²) in [5.41, 5.74) is 5.21. The Morgan fingerprint density at radius 1 is 0.750 bits per heavy atom. The van der Waals surface area contributed by atoms with E-state index in [9.17, 15) is 4.79 Å². The predicted octanol–water partition coefficient (Wildman–Crippen LogP) is 10.9. The third kappa shape index (κ3) is 9.36. The number of aryl methyl sites for hydroxylation is 1. The molecule has 0 N–H and O–H groups in total. The number of hydrogen-bond acceptors (Lipinski definition) is 2. The summed E-state index contributed by atoms with van der Waals surface area (Å²) in [7, 11) is 0. The second-order valence-corrected chi connectivity index (χ2v) is 12.0. The van der Waals surface area contributed by atoms with Crippen LogP contribution in [0.25, 0.3) is 11.1 Å². The lowest BCUT2D eigenvalue weighted by molar-refractivity contribution is -0.139. The van der Waals surface area contributed by atoms with Crippen molar-refractivity contribution in [3.05, 3.63) is 90.0 Å². The number of carbonyl (C=O) groups is 1. The molecule has 0 amide bonds. The summed E-state index contributed by atoms with van der Waals surface area (Å²) >= 11 is 0. The highest BCUT2D eigenvalue weighted by atomic mass is 16.5. The molecule has 40 heavy (non-hydrogen) atoms. The van der Waals surface area contributed by atoms with E-state index in [0.717, 1.165) is 31.6 Å². The van der Waals surface area contributed by atoms with Gasteiger partial charge in [-0.3, -0.25) is 4.79 Å². The maximum atomic E-state index is 12.9. The lowest BCUT2D eigenvalue weighted by Gasteiger charge is -2.29. The highest BCUT2D eigenvalue weighted by Crippen LogP contribution is 2.38. The van der Waals surface area contributed by atoms with Gasteiger partial charge in [0, 0.05) is 0 Å². The van der Waals surface area contributed by atoms with E-state index in [4.69, 9.17) is 4.74 Å². The van der Waals surface area contributed by atoms with Crippen LogP contribution in [0.2, 0.25) is 0 Å². The SMILES string of the molecule is CCCCCCCC1CCC(c2ccc(OC(=O)C(CC)CCCc3ccc(-c4ccccc4)cc3)cc2)CC1. The second kappa shape index (κ2) is 16.4. The Kier molecular flexibility index (Phi) is 12.3. The highest BCUT2D eigenvalue weighted by Gasteiger charge is 2.23. The summed E-state index contributed by atoms with van der Waals surface area (Å²) in [5, 5.41) is 0. The van der Waals surface area contributed by atoms with Crippen LogP contribution in [0.3, 0.4) is 0 Å². The van der Waals surface area contributed by atoms with Crippen molar-refractivity contribution in [2.24, 2.45) is 11.8 Å². The summed E-state index contributed by atoms with van der Waals surface area (Å²) in [6, 6.07) is 27.7. The molecule has 3 aromatic rings. The first-order valence-electron chi connectivity index (χ1n) is 16.1. The minimum absolute atomic E-state index is 0.0551. The van der Waals surface area contributed by atoms with Crippen LogP contribution >= 0.6 is 0 Å². The summed E-state index contributed by atoms with van der Waals surface area (Å²) in [6.07, 6.45) is 17.3. The van der Waals surface area contributed by atoms with Crippen molar-refractivity contribution < 1.29 is 9.53 Å². The molecule has 0 heterocycles.